The topological polar surface area (TPSA) is 40.6 Å². The molecule has 0 aliphatic carbocycles. The van der Waals surface area contributed by atoms with Crippen LogP contribution in [0.25, 0.3) is 0 Å². The first-order valence-electron chi connectivity index (χ1n) is 8.90. The van der Waals surface area contributed by atoms with Crippen LogP contribution in [0.15, 0.2) is 0 Å². The van der Waals surface area contributed by atoms with Gasteiger partial charge < -0.3 is 9.80 Å². The van der Waals surface area contributed by atoms with Gasteiger partial charge in [-0.2, -0.15) is 11.8 Å². The van der Waals surface area contributed by atoms with Crippen molar-refractivity contribution in [3.63, 3.8) is 0 Å². The second kappa shape index (κ2) is 7.45. The van der Waals surface area contributed by atoms with Crippen LogP contribution in [-0.2, 0) is 9.59 Å². The van der Waals surface area contributed by atoms with Crippen molar-refractivity contribution < 1.29 is 9.59 Å². The van der Waals surface area contributed by atoms with E-state index in [0.29, 0.717) is 17.7 Å². The number of amides is 2. The summed E-state index contributed by atoms with van der Waals surface area (Å²) < 4.78 is 0. The normalized spacial score (nSPS) is 26.5. The Balaban J connectivity index is 1.98. The molecule has 2 fully saturated rings. The number of hydrogen-bond acceptors (Lipinski definition) is 3. The van der Waals surface area contributed by atoms with E-state index < -0.39 is 0 Å². The maximum atomic E-state index is 12.9. The first kappa shape index (κ1) is 18.6. The zero-order chi connectivity index (χ0) is 17.2. The first-order valence-corrected chi connectivity index (χ1v) is 9.94. The number of thioether (sulfide) groups is 1. The molecule has 0 aromatic carbocycles. The van der Waals surface area contributed by atoms with Crippen molar-refractivity contribution in [1.29, 1.82) is 0 Å². The summed E-state index contributed by atoms with van der Waals surface area (Å²) in [5, 5.41) is 0.545. The Bertz CT molecular complexity index is 445. The van der Waals surface area contributed by atoms with E-state index >= 15 is 0 Å². The molecule has 23 heavy (non-hydrogen) atoms. The summed E-state index contributed by atoms with van der Waals surface area (Å²) in [5.74, 6) is 2.06. The highest BCUT2D eigenvalue weighted by Gasteiger charge is 2.36. The highest BCUT2D eigenvalue weighted by atomic mass is 32.2. The maximum Gasteiger partial charge on any atom is 0.227 e. The van der Waals surface area contributed by atoms with E-state index in [1.54, 1.807) is 0 Å². The van der Waals surface area contributed by atoms with Crippen LogP contribution in [-0.4, -0.2) is 58.8 Å². The molecule has 0 radical (unpaired) electrons. The van der Waals surface area contributed by atoms with Gasteiger partial charge in [0.2, 0.25) is 11.8 Å². The van der Waals surface area contributed by atoms with Gasteiger partial charge in [0.15, 0.2) is 0 Å². The smallest absolute Gasteiger partial charge is 0.227 e. The van der Waals surface area contributed by atoms with Gasteiger partial charge in [-0.3, -0.25) is 9.59 Å². The van der Waals surface area contributed by atoms with Gasteiger partial charge in [0, 0.05) is 42.6 Å². The molecular weight excluding hydrogens is 308 g/mol. The van der Waals surface area contributed by atoms with Crippen LogP contribution in [0.1, 0.15) is 47.5 Å². The molecule has 2 rings (SSSR count). The molecule has 0 aromatic heterocycles. The molecule has 2 aliphatic heterocycles. The van der Waals surface area contributed by atoms with Crippen molar-refractivity contribution in [1.82, 2.24) is 9.80 Å². The SMILES string of the molecule is CC(C)[C@@H]1CN(C(=O)[C@@H]2CCCN(C(=O)C(C)(C)C)C2)CCS1. The van der Waals surface area contributed by atoms with E-state index in [1.165, 1.54) is 0 Å². The molecule has 0 saturated carbocycles. The molecule has 132 valence electrons. The minimum Gasteiger partial charge on any atom is -0.341 e. The Morgan fingerprint density at radius 3 is 2.39 bits per heavy atom. The van der Waals surface area contributed by atoms with Crippen molar-refractivity contribution >= 4 is 23.6 Å². The standard InChI is InChI=1S/C18H32N2O2S/c1-13(2)15-12-19(9-10-23-15)16(21)14-7-6-8-20(11-14)17(22)18(3,4)5/h13-15H,6-12H2,1-5H3/t14-,15+/m1/s1. The molecule has 2 saturated heterocycles. The number of carbonyl (C=O) groups excluding carboxylic acids is 2. The van der Waals surface area contributed by atoms with Crippen LogP contribution in [0.4, 0.5) is 0 Å². The molecule has 2 atom stereocenters. The lowest BCUT2D eigenvalue weighted by atomic mass is 9.90. The Morgan fingerprint density at radius 1 is 1.09 bits per heavy atom. The predicted octanol–water partition coefficient (Wildman–Crippen LogP) is 2.87. The Kier molecular flexibility index (Phi) is 6.04. The summed E-state index contributed by atoms with van der Waals surface area (Å²) in [6.07, 6.45) is 1.86. The summed E-state index contributed by atoms with van der Waals surface area (Å²) in [7, 11) is 0. The maximum absolute atomic E-state index is 12.9. The van der Waals surface area contributed by atoms with Gasteiger partial charge in [-0.1, -0.05) is 34.6 Å². The number of piperidine rings is 1. The van der Waals surface area contributed by atoms with E-state index in [-0.39, 0.29) is 23.1 Å². The van der Waals surface area contributed by atoms with Gasteiger partial charge in [0.25, 0.3) is 0 Å². The Labute approximate surface area is 145 Å². The number of likely N-dealkylation sites (tertiary alicyclic amines) is 1. The van der Waals surface area contributed by atoms with E-state index in [9.17, 15) is 9.59 Å². The predicted molar refractivity (Wildman–Crippen MR) is 96.4 cm³/mol. The summed E-state index contributed by atoms with van der Waals surface area (Å²) >= 11 is 1.99. The van der Waals surface area contributed by atoms with E-state index in [4.69, 9.17) is 0 Å². The number of hydrogen-bond donors (Lipinski definition) is 0. The van der Waals surface area contributed by atoms with Gasteiger partial charge in [0.05, 0.1) is 5.92 Å². The fourth-order valence-corrected chi connectivity index (χ4v) is 4.67. The van der Waals surface area contributed by atoms with Gasteiger partial charge in [-0.25, -0.2) is 0 Å². The molecule has 0 N–H and O–H groups in total. The lowest BCUT2D eigenvalue weighted by Crippen LogP contribution is -2.52. The second-order valence-electron chi connectivity index (χ2n) is 8.28. The van der Waals surface area contributed by atoms with Crippen LogP contribution in [0, 0.1) is 17.3 Å². The van der Waals surface area contributed by atoms with Gasteiger partial charge in [-0.15, -0.1) is 0 Å². The summed E-state index contributed by atoms with van der Waals surface area (Å²) in [6.45, 7) is 13.4. The van der Waals surface area contributed by atoms with Crippen LogP contribution in [0.2, 0.25) is 0 Å². The van der Waals surface area contributed by atoms with Crippen molar-refractivity contribution in [2.24, 2.45) is 17.3 Å². The fourth-order valence-electron chi connectivity index (χ4n) is 3.37. The average molecular weight is 341 g/mol. The molecule has 4 nitrogen and oxygen atoms in total. The largest absolute Gasteiger partial charge is 0.341 e. The first-order chi connectivity index (χ1) is 10.7. The van der Waals surface area contributed by atoms with Crippen LogP contribution >= 0.6 is 11.8 Å². The minimum atomic E-state index is -0.366. The third-order valence-corrected chi connectivity index (χ3v) is 6.39. The minimum absolute atomic E-state index is 0.00837. The Hall–Kier alpha value is -0.710. The quantitative estimate of drug-likeness (QED) is 0.776. The van der Waals surface area contributed by atoms with Crippen molar-refractivity contribution in [3.05, 3.63) is 0 Å². The van der Waals surface area contributed by atoms with E-state index in [2.05, 4.69) is 18.7 Å². The number of nitrogens with zero attached hydrogens (tertiary/aromatic N) is 2. The molecule has 2 amide bonds. The van der Waals surface area contributed by atoms with Crippen LogP contribution < -0.4 is 0 Å². The van der Waals surface area contributed by atoms with Gasteiger partial charge in [0.1, 0.15) is 0 Å². The molecule has 0 bridgehead atoms. The third-order valence-electron chi connectivity index (χ3n) is 4.85. The average Bonchev–Trinajstić information content (AvgIpc) is 2.52. The van der Waals surface area contributed by atoms with Crippen LogP contribution in [0.5, 0.6) is 0 Å². The van der Waals surface area contributed by atoms with E-state index in [1.807, 2.05) is 37.4 Å². The van der Waals surface area contributed by atoms with Crippen LogP contribution in [0.3, 0.4) is 0 Å². The summed E-state index contributed by atoms with van der Waals surface area (Å²) in [6, 6.07) is 0. The monoisotopic (exact) mass is 340 g/mol. The molecule has 0 spiro atoms. The number of carbonyl (C=O) groups is 2. The highest BCUT2D eigenvalue weighted by Crippen LogP contribution is 2.28. The molecule has 2 aliphatic rings. The van der Waals surface area contributed by atoms with Crippen molar-refractivity contribution in [2.45, 2.75) is 52.7 Å². The molecular formula is C18H32N2O2S. The second-order valence-corrected chi connectivity index (χ2v) is 9.62. The molecule has 0 unspecified atom stereocenters. The number of rotatable bonds is 2. The lowest BCUT2D eigenvalue weighted by Gasteiger charge is -2.40. The van der Waals surface area contributed by atoms with Gasteiger partial charge >= 0.3 is 0 Å². The summed E-state index contributed by atoms with van der Waals surface area (Å²) in [4.78, 5) is 29.4. The third kappa shape index (κ3) is 4.65. The van der Waals surface area contributed by atoms with Crippen molar-refractivity contribution in [3.8, 4) is 0 Å². The molecule has 2 heterocycles. The Morgan fingerprint density at radius 2 is 1.78 bits per heavy atom. The van der Waals surface area contributed by atoms with Gasteiger partial charge in [-0.05, 0) is 18.8 Å². The van der Waals surface area contributed by atoms with E-state index in [0.717, 1.165) is 38.2 Å². The molecule has 0 aromatic rings. The zero-order valence-electron chi connectivity index (χ0n) is 15.3. The lowest BCUT2D eigenvalue weighted by molar-refractivity contribution is -0.145. The highest BCUT2D eigenvalue weighted by molar-refractivity contribution is 8.00. The fraction of sp³-hybridized carbons (Fsp3) is 0.889. The summed E-state index contributed by atoms with van der Waals surface area (Å²) in [5.41, 5.74) is -0.366. The molecule has 5 heteroatoms. The zero-order valence-corrected chi connectivity index (χ0v) is 16.1. The van der Waals surface area contributed by atoms with Crippen molar-refractivity contribution in [2.75, 3.05) is 31.9 Å².